The van der Waals surface area contributed by atoms with Crippen LogP contribution in [-0.4, -0.2) is 27.1 Å². The molecule has 0 radical (unpaired) electrons. The summed E-state index contributed by atoms with van der Waals surface area (Å²) >= 11 is 0. The Kier molecular flexibility index (Phi) is 11.0. The molecule has 0 aromatic heterocycles. The molecule has 1 aliphatic carbocycles. The summed E-state index contributed by atoms with van der Waals surface area (Å²) in [6.45, 7) is 4.10. The predicted molar refractivity (Wildman–Crippen MR) is 109 cm³/mol. The molecule has 1 rings (SSSR count). The number of rotatable bonds is 13. The fourth-order valence-corrected chi connectivity index (χ4v) is 3.42. The molecule has 1 unspecified atom stereocenters. The number of carbonyl (C=O) groups is 1. The first-order valence-corrected chi connectivity index (χ1v) is 10.4. The van der Waals surface area contributed by atoms with Crippen LogP contribution in [0.1, 0.15) is 84.5 Å². The minimum Gasteiger partial charge on any atom is -0.477 e. The molecule has 0 saturated heterocycles. The van der Waals surface area contributed by atoms with Crippen molar-refractivity contribution >= 4 is 5.97 Å². The summed E-state index contributed by atoms with van der Waals surface area (Å²) in [4.78, 5) is 11.0. The lowest BCUT2D eigenvalue weighted by Crippen LogP contribution is -2.44. The van der Waals surface area contributed by atoms with Gasteiger partial charge in [-0.15, -0.1) is 5.73 Å². The van der Waals surface area contributed by atoms with Gasteiger partial charge in [-0.05, 0) is 62.7 Å². The summed E-state index contributed by atoms with van der Waals surface area (Å²) in [5, 5.41) is 28.5. The van der Waals surface area contributed by atoms with Crippen molar-refractivity contribution in [2.45, 2.75) is 90.3 Å². The second kappa shape index (κ2) is 12.7. The molecule has 4 heteroatoms. The Labute approximate surface area is 164 Å². The molecule has 3 N–H and O–H groups in total. The molecule has 0 bridgehead atoms. The lowest BCUT2D eigenvalue weighted by Gasteiger charge is -2.23. The summed E-state index contributed by atoms with van der Waals surface area (Å²) in [6, 6.07) is 0. The van der Waals surface area contributed by atoms with Gasteiger partial charge in [-0.2, -0.15) is 0 Å². The molecule has 1 aliphatic rings. The van der Waals surface area contributed by atoms with Crippen LogP contribution in [0.2, 0.25) is 0 Å². The topological polar surface area (TPSA) is 77.8 Å². The van der Waals surface area contributed by atoms with E-state index in [1.807, 2.05) is 13.0 Å². The van der Waals surface area contributed by atoms with Crippen molar-refractivity contribution < 1.29 is 20.1 Å². The Bertz CT molecular complexity index is 577. The molecule has 1 atom stereocenters. The Morgan fingerprint density at radius 3 is 2.63 bits per heavy atom. The van der Waals surface area contributed by atoms with Crippen LogP contribution in [-0.2, 0) is 4.79 Å². The molecule has 0 fully saturated rings. The molecule has 0 amide bonds. The van der Waals surface area contributed by atoms with Crippen LogP contribution in [0.4, 0.5) is 0 Å². The first-order valence-electron chi connectivity index (χ1n) is 10.4. The van der Waals surface area contributed by atoms with Gasteiger partial charge < -0.3 is 15.3 Å². The Hall–Kier alpha value is -1.61. The zero-order valence-electron chi connectivity index (χ0n) is 16.9. The smallest absolute Gasteiger partial charge is 0.364 e. The average molecular weight is 377 g/mol. The van der Waals surface area contributed by atoms with Crippen LogP contribution in [0.5, 0.6) is 0 Å². The largest absolute Gasteiger partial charge is 0.477 e. The van der Waals surface area contributed by atoms with E-state index >= 15 is 0 Å². The maximum atomic E-state index is 11.0. The van der Waals surface area contributed by atoms with Crippen molar-refractivity contribution in [1.29, 1.82) is 0 Å². The van der Waals surface area contributed by atoms with Gasteiger partial charge in [0.1, 0.15) is 0 Å². The monoisotopic (exact) mass is 376 g/mol. The van der Waals surface area contributed by atoms with E-state index in [0.717, 1.165) is 25.7 Å². The second-order valence-corrected chi connectivity index (χ2v) is 7.40. The quantitative estimate of drug-likeness (QED) is 0.232. The highest BCUT2D eigenvalue weighted by molar-refractivity contribution is 5.75. The number of aliphatic carboxylic acids is 1. The lowest BCUT2D eigenvalue weighted by atomic mass is 9.93. The number of hydrogen-bond donors (Lipinski definition) is 3. The molecule has 0 saturated carbocycles. The third-order valence-electron chi connectivity index (χ3n) is 5.12. The van der Waals surface area contributed by atoms with E-state index in [4.69, 9.17) is 5.11 Å². The van der Waals surface area contributed by atoms with Crippen molar-refractivity contribution in [2.75, 3.05) is 0 Å². The van der Waals surface area contributed by atoms with E-state index in [2.05, 4.69) is 24.8 Å². The molecule has 27 heavy (non-hydrogen) atoms. The Morgan fingerprint density at radius 2 is 1.96 bits per heavy atom. The first kappa shape index (κ1) is 23.4. The summed E-state index contributed by atoms with van der Waals surface area (Å²) in [6.07, 6.45) is 19.4. The van der Waals surface area contributed by atoms with Crippen LogP contribution < -0.4 is 0 Å². The first-order chi connectivity index (χ1) is 12.9. The summed E-state index contributed by atoms with van der Waals surface area (Å²) < 4.78 is 0. The lowest BCUT2D eigenvalue weighted by molar-refractivity contribution is -0.217. The fourth-order valence-electron chi connectivity index (χ4n) is 3.42. The highest BCUT2D eigenvalue weighted by atomic mass is 16.5. The van der Waals surface area contributed by atoms with Gasteiger partial charge in [-0.25, -0.2) is 4.79 Å². The number of carboxylic acid groups (broad SMARTS) is 1. The number of carboxylic acids is 1. The van der Waals surface area contributed by atoms with Crippen molar-refractivity contribution in [3.63, 3.8) is 0 Å². The minimum absolute atomic E-state index is 0.384. The predicted octanol–water partition coefficient (Wildman–Crippen LogP) is 5.28. The van der Waals surface area contributed by atoms with E-state index in [0.29, 0.717) is 12.8 Å². The van der Waals surface area contributed by atoms with Gasteiger partial charge in [-0.1, -0.05) is 57.3 Å². The molecule has 0 heterocycles. The molecular formula is C23H36O4. The van der Waals surface area contributed by atoms with E-state index in [-0.39, 0.29) is 0 Å². The van der Waals surface area contributed by atoms with E-state index in [9.17, 15) is 15.0 Å². The molecular weight excluding hydrogens is 340 g/mol. The number of unbranched alkanes of at least 4 members (excludes halogenated alkanes) is 4. The van der Waals surface area contributed by atoms with E-state index < -0.39 is 17.7 Å². The van der Waals surface area contributed by atoms with E-state index in [1.165, 1.54) is 49.3 Å². The highest BCUT2D eigenvalue weighted by Crippen LogP contribution is 2.30. The number of hydrogen-bond acceptors (Lipinski definition) is 3. The van der Waals surface area contributed by atoms with Crippen LogP contribution in [0.3, 0.4) is 0 Å². The van der Waals surface area contributed by atoms with Crippen LogP contribution in [0, 0.1) is 5.92 Å². The summed E-state index contributed by atoms with van der Waals surface area (Å²) in [5.41, 5.74) is 5.80. The number of allylic oxidation sites excluding steroid dienone is 4. The summed E-state index contributed by atoms with van der Waals surface area (Å²) in [5.74, 6) is -5.23. The molecule has 0 spiro atoms. The Morgan fingerprint density at radius 1 is 1.19 bits per heavy atom. The van der Waals surface area contributed by atoms with Gasteiger partial charge in [0.25, 0.3) is 5.79 Å². The van der Waals surface area contributed by atoms with Crippen molar-refractivity contribution in [1.82, 2.24) is 0 Å². The molecule has 0 aliphatic heterocycles. The zero-order chi connectivity index (χ0) is 20.1. The third kappa shape index (κ3) is 8.30. The van der Waals surface area contributed by atoms with Crippen LogP contribution in [0.15, 0.2) is 41.2 Å². The highest BCUT2D eigenvalue weighted by Gasteiger charge is 2.40. The Balaban J connectivity index is 2.65. The van der Waals surface area contributed by atoms with Crippen molar-refractivity contribution in [3.8, 4) is 0 Å². The van der Waals surface area contributed by atoms with Gasteiger partial charge in [0.2, 0.25) is 0 Å². The fraction of sp³-hybridized carbons (Fsp3) is 0.652. The maximum Gasteiger partial charge on any atom is 0.364 e. The molecule has 0 aromatic rings. The van der Waals surface area contributed by atoms with Gasteiger partial charge in [0, 0.05) is 5.92 Å². The van der Waals surface area contributed by atoms with Crippen LogP contribution in [0.25, 0.3) is 0 Å². The van der Waals surface area contributed by atoms with Crippen LogP contribution >= 0.6 is 0 Å². The van der Waals surface area contributed by atoms with Gasteiger partial charge >= 0.3 is 5.97 Å². The standard InChI is InChI=1S/C23H36O4/c1-3-5-6-7-8-9-14-19-16-12-17-20(19)15-10-11-18-21(13-4-2)23(26,27)22(24)25/h9-10,14,18,21,26-27H,3-8,12-13,15-17H2,1-2H3,(H,24,25)/b14-9+. The average Bonchev–Trinajstić information content (AvgIpc) is 3.07. The number of aliphatic hydroxyl groups is 2. The second-order valence-electron chi connectivity index (χ2n) is 7.40. The van der Waals surface area contributed by atoms with Crippen molar-refractivity contribution in [3.05, 3.63) is 41.2 Å². The van der Waals surface area contributed by atoms with Gasteiger partial charge in [-0.3, -0.25) is 0 Å². The maximum absolute atomic E-state index is 11.0. The molecule has 4 nitrogen and oxygen atoms in total. The molecule has 0 aromatic carbocycles. The van der Waals surface area contributed by atoms with Gasteiger partial charge in [0.15, 0.2) is 0 Å². The van der Waals surface area contributed by atoms with Crippen molar-refractivity contribution in [2.24, 2.45) is 5.92 Å². The normalized spacial score (nSPS) is 15.9. The van der Waals surface area contributed by atoms with E-state index in [1.54, 1.807) is 0 Å². The van der Waals surface area contributed by atoms with Gasteiger partial charge in [0.05, 0.1) is 0 Å². The summed E-state index contributed by atoms with van der Waals surface area (Å²) in [7, 11) is 0. The zero-order valence-corrected chi connectivity index (χ0v) is 16.9. The third-order valence-corrected chi connectivity index (χ3v) is 5.12. The molecule has 152 valence electrons. The SMILES string of the molecule is CCCCCC/C=C/C1=C(CC=C=CC(CCC)C(O)(O)C(=O)O)CCC1. The minimum atomic E-state index is -2.74.